The van der Waals surface area contributed by atoms with Gasteiger partial charge in [0, 0.05) is 12.6 Å². The molecule has 4 rings (SSSR count). The number of likely N-dealkylation sites (tertiary alicyclic amines) is 2. The van der Waals surface area contributed by atoms with Crippen molar-refractivity contribution in [1.29, 1.82) is 0 Å². The number of aromatic nitrogens is 2. The third-order valence-corrected chi connectivity index (χ3v) is 5.19. The average molecular weight is 360 g/mol. The van der Waals surface area contributed by atoms with Crippen LogP contribution in [0.15, 0.2) is 28.8 Å². The Kier molecular flexibility index (Phi) is 5.45. The lowest BCUT2D eigenvalue weighted by molar-refractivity contribution is 0.102. The summed E-state index contributed by atoms with van der Waals surface area (Å²) in [4.78, 5) is 9.46. The van der Waals surface area contributed by atoms with E-state index in [1.165, 1.54) is 50.9 Å². The van der Waals surface area contributed by atoms with Gasteiger partial charge in [0.15, 0.2) is 6.61 Å². The Bertz CT molecular complexity index is 700. The zero-order valence-corrected chi connectivity index (χ0v) is 14.9. The number of hydrogen-bond donors (Lipinski definition) is 0. The second-order valence-electron chi connectivity index (χ2n) is 7.12. The first kappa shape index (κ1) is 17.4. The van der Waals surface area contributed by atoms with Crippen molar-refractivity contribution < 1.29 is 13.7 Å². The van der Waals surface area contributed by atoms with Gasteiger partial charge in [0.25, 0.3) is 0 Å². The molecule has 1 atom stereocenters. The van der Waals surface area contributed by atoms with Crippen molar-refractivity contribution in [3.8, 4) is 5.75 Å². The molecule has 2 aliphatic heterocycles. The van der Waals surface area contributed by atoms with Gasteiger partial charge < -0.3 is 9.26 Å². The van der Waals surface area contributed by atoms with E-state index in [2.05, 4.69) is 19.9 Å². The molecule has 0 aliphatic carbocycles. The summed E-state index contributed by atoms with van der Waals surface area (Å²) in [5.41, 5.74) is 0. The van der Waals surface area contributed by atoms with Gasteiger partial charge in [-0.1, -0.05) is 5.16 Å². The van der Waals surface area contributed by atoms with Crippen LogP contribution in [0.5, 0.6) is 5.75 Å². The van der Waals surface area contributed by atoms with Crippen molar-refractivity contribution in [2.24, 2.45) is 0 Å². The predicted octanol–water partition coefficient (Wildman–Crippen LogP) is 2.85. The second-order valence-corrected chi connectivity index (χ2v) is 7.12. The number of rotatable bonds is 6. The molecule has 2 fully saturated rings. The van der Waals surface area contributed by atoms with E-state index in [1.54, 1.807) is 12.1 Å². The summed E-state index contributed by atoms with van der Waals surface area (Å²) in [7, 11) is 0. The number of ether oxygens (including phenoxy) is 1. The largest absolute Gasteiger partial charge is 0.485 e. The average Bonchev–Trinajstić information content (AvgIpc) is 3.34. The third kappa shape index (κ3) is 4.40. The fourth-order valence-corrected chi connectivity index (χ4v) is 3.86. The molecule has 1 unspecified atom stereocenters. The van der Waals surface area contributed by atoms with Crippen LogP contribution >= 0.6 is 0 Å². The quantitative estimate of drug-likeness (QED) is 0.790. The van der Waals surface area contributed by atoms with Crippen molar-refractivity contribution in [2.75, 3.05) is 26.2 Å². The third-order valence-electron chi connectivity index (χ3n) is 5.19. The topological polar surface area (TPSA) is 54.6 Å². The first-order valence-corrected chi connectivity index (χ1v) is 9.42. The minimum Gasteiger partial charge on any atom is -0.485 e. The first-order valence-electron chi connectivity index (χ1n) is 9.42. The molecule has 140 valence electrons. The number of halogens is 1. The van der Waals surface area contributed by atoms with Crippen molar-refractivity contribution in [1.82, 2.24) is 19.9 Å². The fourth-order valence-electron chi connectivity index (χ4n) is 3.86. The van der Waals surface area contributed by atoms with Gasteiger partial charge in [0.2, 0.25) is 11.7 Å². The molecule has 2 saturated heterocycles. The summed E-state index contributed by atoms with van der Waals surface area (Å²) < 4.78 is 23.8. The Morgan fingerprint density at radius 1 is 1.12 bits per heavy atom. The molecule has 7 heteroatoms. The zero-order chi connectivity index (χ0) is 17.8. The Hall–Kier alpha value is -1.99. The van der Waals surface area contributed by atoms with Gasteiger partial charge in [0.1, 0.15) is 11.6 Å². The minimum atomic E-state index is -0.284. The molecular weight excluding hydrogens is 335 g/mol. The van der Waals surface area contributed by atoms with Gasteiger partial charge in [0.05, 0.1) is 6.54 Å². The first-order chi connectivity index (χ1) is 12.8. The summed E-state index contributed by atoms with van der Waals surface area (Å²) >= 11 is 0. The highest BCUT2D eigenvalue weighted by Crippen LogP contribution is 2.21. The Labute approximate surface area is 152 Å². The monoisotopic (exact) mass is 360 g/mol. The number of hydrogen-bond acceptors (Lipinski definition) is 6. The van der Waals surface area contributed by atoms with Gasteiger partial charge in [-0.05, 0) is 69.6 Å². The summed E-state index contributed by atoms with van der Waals surface area (Å²) in [5, 5.41) is 3.99. The number of piperidine rings is 1. The molecule has 1 aromatic carbocycles. The molecule has 0 saturated carbocycles. The highest BCUT2D eigenvalue weighted by Gasteiger charge is 2.27. The molecule has 2 aliphatic rings. The second kappa shape index (κ2) is 8.14. The Balaban J connectivity index is 1.28. The van der Waals surface area contributed by atoms with Crippen LogP contribution in [-0.2, 0) is 13.2 Å². The van der Waals surface area contributed by atoms with Gasteiger partial charge in [-0.2, -0.15) is 4.98 Å². The minimum absolute atomic E-state index is 0.214. The molecular formula is C19H25FN4O2. The summed E-state index contributed by atoms with van der Waals surface area (Å²) in [6, 6.07) is 6.56. The highest BCUT2D eigenvalue weighted by molar-refractivity contribution is 5.22. The number of nitrogens with zero attached hydrogens (tertiary/aromatic N) is 4. The van der Waals surface area contributed by atoms with E-state index in [0.29, 0.717) is 30.1 Å². The van der Waals surface area contributed by atoms with E-state index in [-0.39, 0.29) is 12.4 Å². The lowest BCUT2D eigenvalue weighted by Crippen LogP contribution is -2.46. The molecule has 2 aromatic rings. The SMILES string of the molecule is Fc1ccc(OCc2noc(CN3CCCC(N4CCCC4)C3)n2)cc1. The van der Waals surface area contributed by atoms with Crippen LogP contribution in [0.3, 0.4) is 0 Å². The van der Waals surface area contributed by atoms with Crippen LogP contribution in [0.25, 0.3) is 0 Å². The lowest BCUT2D eigenvalue weighted by atomic mass is 10.0. The predicted molar refractivity (Wildman–Crippen MR) is 94.1 cm³/mol. The highest BCUT2D eigenvalue weighted by atomic mass is 19.1. The van der Waals surface area contributed by atoms with Crippen molar-refractivity contribution in [3.05, 3.63) is 41.8 Å². The molecule has 0 bridgehead atoms. The lowest BCUT2D eigenvalue weighted by Gasteiger charge is -2.36. The molecule has 3 heterocycles. The summed E-state index contributed by atoms with van der Waals surface area (Å²) in [6.07, 6.45) is 5.17. The van der Waals surface area contributed by atoms with Crippen LogP contribution in [-0.4, -0.2) is 52.2 Å². The van der Waals surface area contributed by atoms with Crippen molar-refractivity contribution in [3.63, 3.8) is 0 Å². The van der Waals surface area contributed by atoms with E-state index in [0.717, 1.165) is 13.1 Å². The zero-order valence-electron chi connectivity index (χ0n) is 14.9. The van der Waals surface area contributed by atoms with Crippen LogP contribution in [0.2, 0.25) is 0 Å². The normalized spacial score (nSPS) is 22.0. The molecule has 1 aromatic heterocycles. The van der Waals surface area contributed by atoms with Crippen LogP contribution < -0.4 is 4.74 Å². The van der Waals surface area contributed by atoms with E-state index in [4.69, 9.17) is 9.26 Å². The van der Waals surface area contributed by atoms with Crippen molar-refractivity contribution in [2.45, 2.75) is 44.9 Å². The van der Waals surface area contributed by atoms with Crippen LogP contribution in [0.4, 0.5) is 4.39 Å². The van der Waals surface area contributed by atoms with Crippen molar-refractivity contribution >= 4 is 0 Å². The van der Waals surface area contributed by atoms with Gasteiger partial charge in [-0.25, -0.2) is 4.39 Å². The number of benzene rings is 1. The summed E-state index contributed by atoms with van der Waals surface area (Å²) in [6.45, 7) is 5.53. The van der Waals surface area contributed by atoms with E-state index >= 15 is 0 Å². The Morgan fingerprint density at radius 2 is 1.92 bits per heavy atom. The molecule has 0 radical (unpaired) electrons. The fraction of sp³-hybridized carbons (Fsp3) is 0.579. The molecule has 6 nitrogen and oxygen atoms in total. The standard InChI is InChI=1S/C19H25FN4O2/c20-15-5-7-17(8-6-15)25-14-18-21-19(26-22-18)13-23-9-3-4-16(12-23)24-10-1-2-11-24/h5-8,16H,1-4,9-14H2. The molecule has 26 heavy (non-hydrogen) atoms. The van der Waals surface area contributed by atoms with Gasteiger partial charge in [-0.3, -0.25) is 9.80 Å². The maximum atomic E-state index is 12.9. The van der Waals surface area contributed by atoms with E-state index in [9.17, 15) is 4.39 Å². The molecule has 0 N–H and O–H groups in total. The maximum Gasteiger partial charge on any atom is 0.240 e. The van der Waals surface area contributed by atoms with Gasteiger partial charge in [-0.15, -0.1) is 0 Å². The van der Waals surface area contributed by atoms with Crippen LogP contribution in [0.1, 0.15) is 37.4 Å². The van der Waals surface area contributed by atoms with E-state index in [1.807, 2.05) is 0 Å². The molecule has 0 spiro atoms. The van der Waals surface area contributed by atoms with Crippen LogP contribution in [0, 0.1) is 5.82 Å². The molecule has 0 amide bonds. The smallest absolute Gasteiger partial charge is 0.240 e. The van der Waals surface area contributed by atoms with Gasteiger partial charge >= 0.3 is 0 Å². The summed E-state index contributed by atoms with van der Waals surface area (Å²) in [5.74, 6) is 1.44. The Morgan fingerprint density at radius 3 is 2.73 bits per heavy atom. The maximum absolute atomic E-state index is 12.9. The van der Waals surface area contributed by atoms with E-state index < -0.39 is 0 Å².